The Morgan fingerprint density at radius 1 is 0.541 bits per heavy atom. The summed E-state index contributed by atoms with van der Waals surface area (Å²) in [7, 11) is 0. The van der Waals surface area contributed by atoms with Crippen LogP contribution in [-0.2, 0) is 5.41 Å². The van der Waals surface area contributed by atoms with E-state index in [2.05, 4.69) is 82.3 Å². The smallest absolute Gasteiger partial charge is 0.181 e. The minimum absolute atomic E-state index is 0.142. The Kier molecular flexibility index (Phi) is 4.69. The molecule has 0 bridgehead atoms. The van der Waals surface area contributed by atoms with Crippen LogP contribution in [-0.4, -0.2) is 19.9 Å². The van der Waals surface area contributed by atoms with Crippen LogP contribution in [0.1, 0.15) is 25.0 Å². The van der Waals surface area contributed by atoms with Gasteiger partial charge in [-0.3, -0.25) is 9.97 Å². The van der Waals surface area contributed by atoms with Gasteiger partial charge in [-0.25, -0.2) is 9.97 Å². The lowest BCUT2D eigenvalue weighted by Gasteiger charge is -2.22. The zero-order valence-electron chi connectivity index (χ0n) is 20.3. The highest BCUT2D eigenvalue weighted by molar-refractivity contribution is 5.85. The van der Waals surface area contributed by atoms with Crippen molar-refractivity contribution in [1.29, 1.82) is 0 Å². The van der Waals surface area contributed by atoms with E-state index >= 15 is 0 Å². The predicted molar refractivity (Wildman–Crippen MR) is 141 cm³/mol. The van der Waals surface area contributed by atoms with E-state index in [1.54, 1.807) is 12.4 Å². The molecule has 0 fully saturated rings. The first-order valence-corrected chi connectivity index (χ1v) is 12.1. The summed E-state index contributed by atoms with van der Waals surface area (Å²) < 4.78 is 10.7. The normalized spacial score (nSPS) is 13.4. The molecule has 7 rings (SSSR count). The molecule has 0 aliphatic heterocycles. The second kappa shape index (κ2) is 8.10. The quantitative estimate of drug-likeness (QED) is 0.260. The highest BCUT2D eigenvalue weighted by Gasteiger charge is 2.35. The molecular formula is C31H22N4O2. The minimum atomic E-state index is -0.142. The first-order valence-electron chi connectivity index (χ1n) is 12.1. The fourth-order valence-electron chi connectivity index (χ4n) is 5.20. The highest BCUT2D eigenvalue weighted by Crippen LogP contribution is 2.50. The third-order valence-corrected chi connectivity index (χ3v) is 7.24. The summed E-state index contributed by atoms with van der Waals surface area (Å²) in [5, 5.41) is 0. The molecular weight excluding hydrogens is 460 g/mol. The van der Waals surface area contributed by atoms with Crippen LogP contribution in [0, 0.1) is 0 Å². The Hall–Kier alpha value is -4.84. The zero-order chi connectivity index (χ0) is 25.0. The second-order valence-electron chi connectivity index (χ2n) is 9.74. The van der Waals surface area contributed by atoms with Gasteiger partial charge in [-0.2, -0.15) is 0 Å². The van der Waals surface area contributed by atoms with Gasteiger partial charge in [-0.1, -0.05) is 50.2 Å². The monoisotopic (exact) mass is 482 g/mol. The summed E-state index contributed by atoms with van der Waals surface area (Å²) in [6, 6.07) is 21.5. The third kappa shape index (κ3) is 3.49. The topological polar surface area (TPSA) is 77.8 Å². The van der Waals surface area contributed by atoms with Crippen molar-refractivity contribution in [1.82, 2.24) is 19.9 Å². The van der Waals surface area contributed by atoms with Crippen LogP contribution in [0.15, 0.2) is 107 Å². The maximum atomic E-state index is 5.37. The van der Waals surface area contributed by atoms with Crippen LogP contribution in [0.25, 0.3) is 56.3 Å². The summed E-state index contributed by atoms with van der Waals surface area (Å²) in [6.07, 6.45) is 9.96. The van der Waals surface area contributed by atoms with E-state index in [4.69, 9.17) is 8.83 Å². The molecule has 0 N–H and O–H groups in total. The molecule has 0 atom stereocenters. The number of fused-ring (bicyclic) bond motifs is 3. The number of nitrogens with zero attached hydrogens (tertiary/aromatic N) is 4. The van der Waals surface area contributed by atoms with Crippen molar-refractivity contribution in [2.24, 2.45) is 0 Å². The van der Waals surface area contributed by atoms with Crippen molar-refractivity contribution in [3.8, 4) is 56.3 Å². The lowest BCUT2D eigenvalue weighted by molar-refractivity contribution is 0.569. The van der Waals surface area contributed by atoms with E-state index in [0.717, 1.165) is 33.6 Å². The molecule has 0 saturated heterocycles. The molecule has 1 aliphatic carbocycles. The van der Waals surface area contributed by atoms with E-state index < -0.39 is 0 Å². The summed E-state index contributed by atoms with van der Waals surface area (Å²) >= 11 is 0. The summed E-state index contributed by atoms with van der Waals surface area (Å²) in [5.74, 6) is 1.33. The van der Waals surface area contributed by atoms with Crippen LogP contribution in [0.2, 0.25) is 0 Å². The van der Waals surface area contributed by atoms with Crippen molar-refractivity contribution in [2.75, 3.05) is 0 Å². The van der Waals surface area contributed by atoms with E-state index in [9.17, 15) is 0 Å². The molecule has 1 aliphatic rings. The molecule has 4 heterocycles. The lowest BCUT2D eigenvalue weighted by atomic mass is 9.81. The Morgan fingerprint density at radius 2 is 1.00 bits per heavy atom. The fraction of sp³-hybridized carbons (Fsp3) is 0.0968. The van der Waals surface area contributed by atoms with Gasteiger partial charge in [0, 0.05) is 28.9 Å². The molecule has 6 nitrogen and oxygen atoms in total. The Bertz CT molecular complexity index is 1590. The van der Waals surface area contributed by atoms with Gasteiger partial charge in [0.05, 0.1) is 12.4 Å². The number of benzene rings is 2. The molecule has 0 saturated carbocycles. The van der Waals surface area contributed by atoms with Gasteiger partial charge in [0.15, 0.2) is 24.3 Å². The number of pyridine rings is 2. The number of rotatable bonds is 4. The van der Waals surface area contributed by atoms with Gasteiger partial charge < -0.3 is 8.83 Å². The van der Waals surface area contributed by atoms with Gasteiger partial charge in [0.25, 0.3) is 0 Å². The van der Waals surface area contributed by atoms with Crippen molar-refractivity contribution >= 4 is 0 Å². The number of hydrogen-bond acceptors (Lipinski definition) is 6. The van der Waals surface area contributed by atoms with Crippen LogP contribution in [0.4, 0.5) is 0 Å². The van der Waals surface area contributed by atoms with E-state index in [1.807, 2.05) is 24.5 Å². The van der Waals surface area contributed by atoms with Crippen LogP contribution >= 0.6 is 0 Å². The summed E-state index contributed by atoms with van der Waals surface area (Å²) in [6.45, 7) is 4.59. The average molecular weight is 483 g/mol. The largest absolute Gasteiger partial charge is 0.442 e. The van der Waals surface area contributed by atoms with Gasteiger partial charge in [-0.15, -0.1) is 0 Å². The Balaban J connectivity index is 1.22. The lowest BCUT2D eigenvalue weighted by Crippen LogP contribution is -2.15. The Morgan fingerprint density at radius 3 is 1.38 bits per heavy atom. The first-order chi connectivity index (χ1) is 18.1. The van der Waals surface area contributed by atoms with E-state index in [0.29, 0.717) is 11.5 Å². The predicted octanol–water partition coefficient (Wildman–Crippen LogP) is 7.43. The molecule has 6 heteroatoms. The molecule has 178 valence electrons. The zero-order valence-corrected chi connectivity index (χ0v) is 20.3. The molecule has 2 aromatic carbocycles. The summed E-state index contributed by atoms with van der Waals surface area (Å²) in [4.78, 5) is 17.1. The fourth-order valence-corrected chi connectivity index (χ4v) is 5.20. The maximum Gasteiger partial charge on any atom is 0.181 e. The van der Waals surface area contributed by atoms with Gasteiger partial charge in [0.1, 0.15) is 11.4 Å². The molecule has 0 spiro atoms. The maximum absolute atomic E-state index is 5.37. The molecule has 6 aromatic rings. The van der Waals surface area contributed by atoms with Crippen molar-refractivity contribution in [3.63, 3.8) is 0 Å². The molecule has 37 heavy (non-hydrogen) atoms. The number of oxazole rings is 2. The van der Waals surface area contributed by atoms with Crippen LogP contribution in [0.3, 0.4) is 0 Å². The van der Waals surface area contributed by atoms with Gasteiger partial charge in [0.2, 0.25) is 0 Å². The molecule has 4 aromatic heterocycles. The van der Waals surface area contributed by atoms with Crippen LogP contribution < -0.4 is 0 Å². The first kappa shape index (κ1) is 21.4. The summed E-state index contributed by atoms with van der Waals surface area (Å²) in [5.41, 5.74) is 11.0. The highest BCUT2D eigenvalue weighted by atomic mass is 16.3. The van der Waals surface area contributed by atoms with Gasteiger partial charge >= 0.3 is 0 Å². The SMILES string of the molecule is CC1(C)c2cc(-c3ccc(-c4cnco4)nc3)ccc2-c2ccc(-c3ccc(-c4cnco4)nc3)cc21. The van der Waals surface area contributed by atoms with Crippen molar-refractivity contribution in [2.45, 2.75) is 19.3 Å². The average Bonchev–Trinajstić information content (AvgIpc) is 3.71. The Labute approximate surface area is 213 Å². The van der Waals surface area contributed by atoms with Crippen molar-refractivity contribution < 1.29 is 8.83 Å². The molecule has 0 unspecified atom stereocenters. The minimum Gasteiger partial charge on any atom is -0.442 e. The standard InChI is InChI=1S/C31H22N4O2/c1-31(2)25-11-19(21-5-9-27(34-13-21)29-15-32-17-36-29)3-7-23(25)24-8-4-20(12-26(24)31)22-6-10-28(35-14-22)30-16-33-18-37-30/h3-18H,1-2H3. The van der Waals surface area contributed by atoms with E-state index in [1.165, 1.54) is 35.0 Å². The van der Waals surface area contributed by atoms with E-state index in [-0.39, 0.29) is 5.41 Å². The van der Waals surface area contributed by atoms with Crippen LogP contribution in [0.5, 0.6) is 0 Å². The number of hydrogen-bond donors (Lipinski definition) is 0. The molecule has 0 amide bonds. The third-order valence-electron chi connectivity index (χ3n) is 7.24. The number of aromatic nitrogens is 4. The van der Waals surface area contributed by atoms with Gasteiger partial charge in [-0.05, 0) is 57.6 Å². The molecule has 0 radical (unpaired) electrons. The van der Waals surface area contributed by atoms with Crippen molar-refractivity contribution in [3.05, 3.63) is 109 Å². The second-order valence-corrected chi connectivity index (χ2v) is 9.74.